The van der Waals surface area contributed by atoms with Gasteiger partial charge in [0.15, 0.2) is 0 Å². The molecule has 15 heavy (non-hydrogen) atoms. The molecule has 2 heteroatoms. The highest BCUT2D eigenvalue weighted by Crippen LogP contribution is 2.27. The van der Waals surface area contributed by atoms with Gasteiger partial charge in [-0.2, -0.15) is 0 Å². The Morgan fingerprint density at radius 1 is 1.40 bits per heavy atom. The van der Waals surface area contributed by atoms with Gasteiger partial charge in [0.25, 0.3) is 0 Å². The van der Waals surface area contributed by atoms with Crippen molar-refractivity contribution in [2.75, 3.05) is 6.61 Å². The number of rotatable bonds is 3. The molecule has 1 aromatic carbocycles. The van der Waals surface area contributed by atoms with Crippen LogP contribution in [0.2, 0.25) is 0 Å². The molecule has 0 atom stereocenters. The minimum Gasteiger partial charge on any atom is -0.392 e. The third kappa shape index (κ3) is 2.11. The maximum absolute atomic E-state index is 9.13. The number of fused-ring (bicyclic) bond motifs is 1. The first-order valence-corrected chi connectivity index (χ1v) is 5.99. The first-order valence-electron chi connectivity index (χ1n) is 5.11. The monoisotopic (exact) mass is 218 g/mol. The minimum absolute atomic E-state index is 0.153. The largest absolute Gasteiger partial charge is 0.392 e. The fraction of sp³-hybridized carbons (Fsp3) is 0.231. The molecule has 2 aromatic rings. The molecule has 0 bridgehead atoms. The molecule has 1 heterocycles. The lowest BCUT2D eigenvalue weighted by Crippen LogP contribution is -1.87. The number of thiophene rings is 1. The lowest BCUT2D eigenvalue weighted by molar-refractivity contribution is 0.329. The van der Waals surface area contributed by atoms with Gasteiger partial charge < -0.3 is 5.11 Å². The summed E-state index contributed by atoms with van der Waals surface area (Å²) in [6.45, 7) is 2.22. The maximum atomic E-state index is 9.13. The highest BCUT2D eigenvalue weighted by atomic mass is 32.1. The van der Waals surface area contributed by atoms with Gasteiger partial charge in [0.2, 0.25) is 0 Å². The van der Waals surface area contributed by atoms with Crippen molar-refractivity contribution in [2.45, 2.75) is 13.3 Å². The molecule has 0 amide bonds. The normalized spacial score (nSPS) is 12.3. The predicted octanol–water partition coefficient (Wildman–Crippen LogP) is 3.69. The Morgan fingerprint density at radius 3 is 2.93 bits per heavy atom. The summed E-state index contributed by atoms with van der Waals surface area (Å²) in [5.74, 6) is 0. The first kappa shape index (κ1) is 10.4. The minimum atomic E-state index is 0.153. The predicted molar refractivity (Wildman–Crippen MR) is 67.2 cm³/mol. The summed E-state index contributed by atoms with van der Waals surface area (Å²) in [4.78, 5) is 0. The van der Waals surface area contributed by atoms with Crippen LogP contribution in [0.15, 0.2) is 35.2 Å². The lowest BCUT2D eigenvalue weighted by atomic mass is 10.1. The van der Waals surface area contributed by atoms with Crippen molar-refractivity contribution in [3.8, 4) is 0 Å². The number of aliphatic hydroxyl groups is 1. The third-order valence-corrected chi connectivity index (χ3v) is 3.51. The van der Waals surface area contributed by atoms with E-state index in [1.807, 2.05) is 0 Å². The summed E-state index contributed by atoms with van der Waals surface area (Å²) in [5, 5.41) is 12.6. The van der Waals surface area contributed by atoms with Gasteiger partial charge >= 0.3 is 0 Å². The summed E-state index contributed by atoms with van der Waals surface area (Å²) in [5.41, 5.74) is 2.31. The molecular weight excluding hydrogens is 204 g/mol. The topological polar surface area (TPSA) is 20.2 Å². The second-order valence-corrected chi connectivity index (χ2v) is 4.41. The Bertz CT molecular complexity index is 476. The van der Waals surface area contributed by atoms with Crippen molar-refractivity contribution >= 4 is 27.5 Å². The van der Waals surface area contributed by atoms with Crippen LogP contribution in [-0.2, 0) is 0 Å². The SMILES string of the molecule is CCC(=Cc1csc2ccccc12)CO. The van der Waals surface area contributed by atoms with E-state index < -0.39 is 0 Å². The molecule has 0 spiro atoms. The lowest BCUT2D eigenvalue weighted by Gasteiger charge is -1.98. The van der Waals surface area contributed by atoms with Gasteiger partial charge in [-0.15, -0.1) is 11.3 Å². The Balaban J connectivity index is 2.48. The molecule has 0 aliphatic carbocycles. The van der Waals surface area contributed by atoms with E-state index in [0.29, 0.717) is 0 Å². The molecule has 0 aliphatic rings. The van der Waals surface area contributed by atoms with Crippen LogP contribution in [0.5, 0.6) is 0 Å². The van der Waals surface area contributed by atoms with E-state index in [4.69, 9.17) is 5.11 Å². The molecule has 0 saturated heterocycles. The summed E-state index contributed by atoms with van der Waals surface area (Å²) in [6.07, 6.45) is 3.00. The van der Waals surface area contributed by atoms with Gasteiger partial charge in [-0.1, -0.05) is 31.2 Å². The van der Waals surface area contributed by atoms with E-state index in [1.54, 1.807) is 11.3 Å². The molecule has 0 radical (unpaired) electrons. The molecule has 0 saturated carbocycles. The van der Waals surface area contributed by atoms with Crippen molar-refractivity contribution in [3.05, 3.63) is 40.8 Å². The third-order valence-electron chi connectivity index (χ3n) is 2.53. The number of benzene rings is 1. The van der Waals surface area contributed by atoms with Crippen LogP contribution in [0.3, 0.4) is 0 Å². The van der Waals surface area contributed by atoms with Gasteiger partial charge in [-0.3, -0.25) is 0 Å². The van der Waals surface area contributed by atoms with Crippen LogP contribution in [-0.4, -0.2) is 11.7 Å². The highest BCUT2D eigenvalue weighted by Gasteiger charge is 2.01. The number of hydrogen-bond acceptors (Lipinski definition) is 2. The zero-order chi connectivity index (χ0) is 10.7. The Kier molecular flexibility index (Phi) is 3.19. The van der Waals surface area contributed by atoms with Crippen LogP contribution in [0.4, 0.5) is 0 Å². The molecule has 0 unspecified atom stereocenters. The van der Waals surface area contributed by atoms with Gasteiger partial charge in [0.1, 0.15) is 0 Å². The Morgan fingerprint density at radius 2 is 2.20 bits per heavy atom. The van der Waals surface area contributed by atoms with Crippen molar-refractivity contribution in [1.82, 2.24) is 0 Å². The standard InChI is InChI=1S/C13H14OS/c1-2-10(8-14)7-11-9-15-13-6-4-3-5-12(11)13/h3-7,9,14H,2,8H2,1H3. The quantitative estimate of drug-likeness (QED) is 0.833. The average molecular weight is 218 g/mol. The zero-order valence-electron chi connectivity index (χ0n) is 8.73. The van der Waals surface area contributed by atoms with Crippen LogP contribution in [0.25, 0.3) is 16.2 Å². The zero-order valence-corrected chi connectivity index (χ0v) is 9.55. The first-order chi connectivity index (χ1) is 7.35. The summed E-state index contributed by atoms with van der Waals surface area (Å²) in [6, 6.07) is 8.36. The van der Waals surface area contributed by atoms with E-state index >= 15 is 0 Å². The molecule has 1 N–H and O–H groups in total. The fourth-order valence-electron chi connectivity index (χ4n) is 1.59. The highest BCUT2D eigenvalue weighted by molar-refractivity contribution is 7.17. The van der Waals surface area contributed by atoms with E-state index in [9.17, 15) is 0 Å². The number of hydrogen-bond donors (Lipinski definition) is 1. The maximum Gasteiger partial charge on any atom is 0.0644 e. The van der Waals surface area contributed by atoms with Crippen molar-refractivity contribution < 1.29 is 5.11 Å². The Hall–Kier alpha value is -1.12. The van der Waals surface area contributed by atoms with E-state index in [2.05, 4.69) is 42.6 Å². The molecule has 78 valence electrons. The van der Waals surface area contributed by atoms with E-state index in [0.717, 1.165) is 12.0 Å². The molecule has 0 aliphatic heterocycles. The van der Waals surface area contributed by atoms with Gasteiger partial charge in [-0.05, 0) is 34.4 Å². The fourth-order valence-corrected chi connectivity index (χ4v) is 2.51. The van der Waals surface area contributed by atoms with Crippen LogP contribution < -0.4 is 0 Å². The summed E-state index contributed by atoms with van der Waals surface area (Å²) < 4.78 is 1.30. The average Bonchev–Trinajstić information content (AvgIpc) is 2.69. The number of aliphatic hydroxyl groups excluding tert-OH is 1. The van der Waals surface area contributed by atoms with Crippen LogP contribution in [0.1, 0.15) is 18.9 Å². The van der Waals surface area contributed by atoms with Crippen molar-refractivity contribution in [1.29, 1.82) is 0 Å². The molecule has 0 fully saturated rings. The van der Waals surface area contributed by atoms with Crippen molar-refractivity contribution in [3.63, 3.8) is 0 Å². The molecule has 1 nitrogen and oxygen atoms in total. The van der Waals surface area contributed by atoms with Crippen molar-refractivity contribution in [2.24, 2.45) is 0 Å². The van der Waals surface area contributed by atoms with Gasteiger partial charge in [0, 0.05) is 4.70 Å². The molecule has 1 aromatic heterocycles. The van der Waals surface area contributed by atoms with Crippen LogP contribution >= 0.6 is 11.3 Å². The smallest absolute Gasteiger partial charge is 0.0644 e. The van der Waals surface area contributed by atoms with Crippen LogP contribution in [0, 0.1) is 0 Å². The summed E-state index contributed by atoms with van der Waals surface area (Å²) >= 11 is 1.75. The second-order valence-electron chi connectivity index (χ2n) is 3.50. The van der Waals surface area contributed by atoms with E-state index in [-0.39, 0.29) is 6.61 Å². The molecular formula is C13H14OS. The van der Waals surface area contributed by atoms with Gasteiger partial charge in [-0.25, -0.2) is 0 Å². The second kappa shape index (κ2) is 4.60. The van der Waals surface area contributed by atoms with E-state index in [1.165, 1.54) is 15.6 Å². The van der Waals surface area contributed by atoms with Gasteiger partial charge in [0.05, 0.1) is 6.61 Å². The Labute approximate surface area is 93.7 Å². The summed E-state index contributed by atoms with van der Waals surface area (Å²) in [7, 11) is 0. The molecule has 2 rings (SSSR count).